The molecule has 2 aliphatic rings. The van der Waals surface area contributed by atoms with E-state index >= 15 is 0 Å². The molecule has 0 saturated heterocycles. The predicted molar refractivity (Wildman–Crippen MR) is 198 cm³/mol. The molecule has 4 nitrogen and oxygen atoms in total. The van der Waals surface area contributed by atoms with Gasteiger partial charge in [-0.25, -0.2) is 0 Å². The molecule has 12 heteroatoms. The molecule has 0 radical (unpaired) electrons. The molecule has 0 fully saturated rings. The third kappa shape index (κ3) is 9.95. The second-order valence-electron chi connectivity index (χ2n) is 9.39. The maximum Gasteiger partial charge on any atom is 0.302 e. The minimum Gasteiger partial charge on any atom is -0.465 e. The van der Waals surface area contributed by atoms with E-state index in [0.29, 0.717) is 13.2 Å². The van der Waals surface area contributed by atoms with E-state index in [9.17, 15) is 9.59 Å². The Morgan fingerprint density at radius 1 is 0.500 bits per heavy atom. The maximum absolute atomic E-state index is 11.0. The van der Waals surface area contributed by atoms with Crippen LogP contribution in [-0.2, 0) is 66.3 Å². The fraction of sp³-hybridized carbons (Fsp3) is 0.188. The fourth-order valence-corrected chi connectivity index (χ4v) is 5.28. The molecular weight excluding hydrogens is 701 g/mol. The summed E-state index contributed by atoms with van der Waals surface area (Å²) in [6.07, 6.45) is 0. The molecule has 44 heavy (non-hydrogen) atoms. The van der Waals surface area contributed by atoms with Crippen LogP contribution in [0.2, 0.25) is 0 Å². The van der Waals surface area contributed by atoms with E-state index in [1.165, 1.54) is 58.4 Å². The van der Waals surface area contributed by atoms with E-state index in [-0.39, 0.29) is 23.8 Å². The average molecular weight is 729 g/mol. The lowest BCUT2D eigenvalue weighted by Crippen LogP contribution is -2.09. The molecule has 0 bridgehead atoms. The van der Waals surface area contributed by atoms with Crippen LogP contribution in [0.3, 0.4) is 0 Å². The van der Waals surface area contributed by atoms with Crippen LogP contribution in [0.15, 0.2) is 97.1 Å². The molecule has 224 valence electrons. The number of rotatable bonds is 6. The van der Waals surface area contributed by atoms with Crippen molar-refractivity contribution >= 4 is 87.3 Å². The summed E-state index contributed by atoms with van der Waals surface area (Å²) in [5.74, 6) is -0.115. The maximum atomic E-state index is 11.0. The third-order valence-electron chi connectivity index (χ3n) is 6.90. The second kappa shape index (κ2) is 19.4. The number of carbonyl (C=O) groups is 2. The SMILES string of the molecule is CC(=O)OCC1c2ccccc2-c2ccccc21.CC(=O)OCC1c2ccccc2-c2ccccc21.S=PP=S.S=PP=S. The van der Waals surface area contributed by atoms with Crippen LogP contribution in [0.25, 0.3) is 22.3 Å². The Kier molecular flexibility index (Phi) is 16.1. The zero-order valence-corrected chi connectivity index (χ0v) is 30.7. The van der Waals surface area contributed by atoms with Crippen molar-refractivity contribution in [2.24, 2.45) is 0 Å². The van der Waals surface area contributed by atoms with Gasteiger partial charge in [-0.1, -0.05) is 97.1 Å². The molecular formula is C32H28O4P4S4. The molecule has 2 aliphatic carbocycles. The summed E-state index contributed by atoms with van der Waals surface area (Å²) in [6, 6.07) is 33.3. The lowest BCUT2D eigenvalue weighted by molar-refractivity contribution is -0.142. The molecule has 0 heterocycles. The normalized spacial score (nSPS) is 12.2. The zero-order valence-electron chi connectivity index (χ0n) is 23.9. The molecule has 0 amide bonds. The van der Waals surface area contributed by atoms with Crippen molar-refractivity contribution in [2.75, 3.05) is 13.2 Å². The molecule has 4 aromatic carbocycles. The van der Waals surface area contributed by atoms with E-state index in [1.807, 2.05) is 48.5 Å². The smallest absolute Gasteiger partial charge is 0.302 e. The van der Waals surface area contributed by atoms with Gasteiger partial charge in [-0.05, 0) is 91.7 Å². The highest BCUT2D eigenvalue weighted by Gasteiger charge is 2.29. The summed E-state index contributed by atoms with van der Waals surface area (Å²) in [6.45, 7) is 3.74. The Bertz CT molecular complexity index is 1430. The predicted octanol–water partition coefficient (Wildman–Crippen LogP) is 10.2. The van der Waals surface area contributed by atoms with E-state index in [4.69, 9.17) is 9.47 Å². The van der Waals surface area contributed by atoms with Crippen molar-refractivity contribution in [3.8, 4) is 22.3 Å². The van der Waals surface area contributed by atoms with E-state index in [2.05, 4.69) is 95.8 Å². The van der Waals surface area contributed by atoms with Gasteiger partial charge in [-0.15, -0.1) is 0 Å². The van der Waals surface area contributed by atoms with Gasteiger partial charge < -0.3 is 9.47 Å². The lowest BCUT2D eigenvalue weighted by atomic mass is 9.98. The van der Waals surface area contributed by atoms with Crippen LogP contribution < -0.4 is 0 Å². The van der Waals surface area contributed by atoms with Crippen molar-refractivity contribution in [3.63, 3.8) is 0 Å². The number of fused-ring (bicyclic) bond motifs is 6. The molecule has 0 aromatic heterocycles. The third-order valence-corrected chi connectivity index (χ3v) is 12.2. The minimum atomic E-state index is -0.225. The first kappa shape index (κ1) is 36.4. The molecule has 4 aromatic rings. The Labute approximate surface area is 285 Å². The number of carbonyl (C=O) groups excluding carboxylic acids is 2. The van der Waals surface area contributed by atoms with E-state index in [1.54, 1.807) is 0 Å². The van der Waals surface area contributed by atoms with Gasteiger partial charge in [-0.2, -0.15) is 0 Å². The van der Waals surface area contributed by atoms with Gasteiger partial charge in [0, 0.05) is 53.9 Å². The van der Waals surface area contributed by atoms with E-state index < -0.39 is 0 Å². The van der Waals surface area contributed by atoms with Gasteiger partial charge in [0.05, 0.1) is 0 Å². The summed E-state index contributed by atoms with van der Waals surface area (Å²) in [7, 11) is 3.48. The monoisotopic (exact) mass is 728 g/mol. The van der Waals surface area contributed by atoms with Crippen LogP contribution in [0.5, 0.6) is 0 Å². The van der Waals surface area contributed by atoms with Gasteiger partial charge in [0.2, 0.25) is 0 Å². The minimum absolute atomic E-state index is 0.168. The number of esters is 2. The first-order valence-corrected chi connectivity index (χ1v) is 22.3. The lowest BCUT2D eigenvalue weighted by Gasteiger charge is -2.12. The Morgan fingerprint density at radius 2 is 0.727 bits per heavy atom. The molecule has 0 N–H and O–H groups in total. The van der Waals surface area contributed by atoms with Gasteiger partial charge >= 0.3 is 11.9 Å². The number of ether oxygens (including phenoxy) is 2. The van der Waals surface area contributed by atoms with Crippen molar-refractivity contribution in [1.29, 1.82) is 0 Å². The highest BCUT2D eigenvalue weighted by molar-refractivity contribution is 8.41. The van der Waals surface area contributed by atoms with Crippen LogP contribution in [0.1, 0.15) is 47.9 Å². The van der Waals surface area contributed by atoms with Crippen molar-refractivity contribution in [2.45, 2.75) is 25.7 Å². The first-order chi connectivity index (χ1) is 21.4. The Balaban J connectivity index is 0.000000194. The molecule has 0 unspecified atom stereocenters. The van der Waals surface area contributed by atoms with Crippen LogP contribution >= 0.6 is 28.2 Å². The largest absolute Gasteiger partial charge is 0.465 e. The number of hydrogen-bond donors (Lipinski definition) is 0. The van der Waals surface area contributed by atoms with Gasteiger partial charge in [0.15, 0.2) is 0 Å². The highest BCUT2D eigenvalue weighted by atomic mass is 32.7. The summed E-state index contributed by atoms with van der Waals surface area (Å²) in [4.78, 5) is 22.0. The molecule has 6 rings (SSSR count). The zero-order chi connectivity index (χ0) is 31.9. The summed E-state index contributed by atoms with van der Waals surface area (Å²) in [5, 5.41) is 0. The van der Waals surface area contributed by atoms with Crippen LogP contribution in [-0.4, -0.2) is 25.2 Å². The summed E-state index contributed by atoms with van der Waals surface area (Å²) < 4.78 is 10.4. The number of benzene rings is 4. The molecule has 0 aliphatic heterocycles. The van der Waals surface area contributed by atoms with Crippen molar-refractivity contribution < 1.29 is 19.1 Å². The Hall–Kier alpha value is -2.10. The highest BCUT2D eigenvalue weighted by Crippen LogP contribution is 2.45. The average Bonchev–Trinajstić information content (AvgIpc) is 3.55. The van der Waals surface area contributed by atoms with Crippen molar-refractivity contribution in [1.82, 2.24) is 0 Å². The molecule has 0 spiro atoms. The van der Waals surface area contributed by atoms with Crippen LogP contribution in [0, 0.1) is 0 Å². The van der Waals surface area contributed by atoms with Gasteiger partial charge in [0.1, 0.15) is 13.2 Å². The first-order valence-electron chi connectivity index (χ1n) is 13.3. The Morgan fingerprint density at radius 3 is 0.932 bits per heavy atom. The standard InChI is InChI=1S/2C16H14O2.2P2S2/c2*1-11(17)18-10-16-14-8-4-2-6-12(14)13-7-3-5-9-15(13)16;2*3-1-2-4/h2*2-9,16H,10H2,1H3;;. The van der Waals surface area contributed by atoms with Crippen LogP contribution in [0.4, 0.5) is 0 Å². The van der Waals surface area contributed by atoms with E-state index in [0.717, 1.165) is 28.2 Å². The van der Waals surface area contributed by atoms with Gasteiger partial charge in [0.25, 0.3) is 0 Å². The second-order valence-corrected chi connectivity index (χ2v) is 17.9. The van der Waals surface area contributed by atoms with Crippen molar-refractivity contribution in [3.05, 3.63) is 119 Å². The number of hydrogen-bond acceptors (Lipinski definition) is 8. The topological polar surface area (TPSA) is 52.6 Å². The summed E-state index contributed by atoms with van der Waals surface area (Å²) >= 11 is 17.6. The molecule has 0 atom stereocenters. The quantitative estimate of drug-likeness (QED) is 0.144. The summed E-state index contributed by atoms with van der Waals surface area (Å²) in [5.41, 5.74) is 10.0. The molecule has 0 saturated carbocycles. The van der Waals surface area contributed by atoms with Gasteiger partial charge in [-0.3, -0.25) is 9.59 Å². The fourth-order valence-electron chi connectivity index (χ4n) is 5.28.